The molecule has 2 heterocycles. The average Bonchev–Trinajstić information content (AvgIpc) is 2.97. The Hall–Kier alpha value is -1.89. The van der Waals surface area contributed by atoms with E-state index < -0.39 is 11.9 Å². The van der Waals surface area contributed by atoms with E-state index in [0.29, 0.717) is 13.1 Å². The predicted molar refractivity (Wildman–Crippen MR) is 56.6 cm³/mol. The topological polar surface area (TPSA) is 107 Å². The van der Waals surface area contributed by atoms with E-state index in [1.807, 2.05) is 0 Å². The fourth-order valence-electron chi connectivity index (χ4n) is 1.94. The van der Waals surface area contributed by atoms with Crippen LogP contribution in [-0.2, 0) is 0 Å². The van der Waals surface area contributed by atoms with Gasteiger partial charge in [0.1, 0.15) is 0 Å². The SMILES string of the molecule is O=C(O)c1[nH]cnc1C(=O)N1CCC(CO)C1. The molecule has 1 unspecified atom stereocenters. The molecule has 1 aromatic heterocycles. The molecule has 1 aromatic rings. The molecule has 1 saturated heterocycles. The first-order valence-corrected chi connectivity index (χ1v) is 5.30. The molecule has 17 heavy (non-hydrogen) atoms. The number of amides is 1. The highest BCUT2D eigenvalue weighted by Gasteiger charge is 2.30. The number of aromatic amines is 1. The maximum Gasteiger partial charge on any atom is 0.354 e. The molecule has 0 bridgehead atoms. The van der Waals surface area contributed by atoms with Gasteiger partial charge in [-0.05, 0) is 6.42 Å². The molecule has 3 N–H and O–H groups in total. The van der Waals surface area contributed by atoms with E-state index in [4.69, 9.17) is 10.2 Å². The standard InChI is InChI=1S/C10H13N3O4/c14-4-6-1-2-13(3-6)9(15)7-8(10(16)17)12-5-11-7/h5-6,14H,1-4H2,(H,11,12)(H,16,17). The maximum absolute atomic E-state index is 12.0. The lowest BCUT2D eigenvalue weighted by Gasteiger charge is -2.14. The number of carbonyl (C=O) groups is 2. The van der Waals surface area contributed by atoms with Gasteiger partial charge in [-0.15, -0.1) is 0 Å². The summed E-state index contributed by atoms with van der Waals surface area (Å²) in [5.41, 5.74) is -0.265. The fourth-order valence-corrected chi connectivity index (χ4v) is 1.94. The summed E-state index contributed by atoms with van der Waals surface area (Å²) in [6.45, 7) is 1.01. The van der Waals surface area contributed by atoms with Gasteiger partial charge >= 0.3 is 5.97 Å². The van der Waals surface area contributed by atoms with Gasteiger partial charge in [-0.3, -0.25) is 4.79 Å². The van der Waals surface area contributed by atoms with Crippen LogP contribution in [0.4, 0.5) is 0 Å². The molecule has 1 aliphatic rings. The lowest BCUT2D eigenvalue weighted by Crippen LogP contribution is -2.30. The third-order valence-electron chi connectivity index (χ3n) is 2.89. The van der Waals surface area contributed by atoms with Crippen molar-refractivity contribution in [3.05, 3.63) is 17.7 Å². The van der Waals surface area contributed by atoms with Gasteiger partial charge in [0.2, 0.25) is 0 Å². The second-order valence-electron chi connectivity index (χ2n) is 4.02. The Morgan fingerprint density at radius 3 is 2.94 bits per heavy atom. The Morgan fingerprint density at radius 1 is 1.59 bits per heavy atom. The van der Waals surface area contributed by atoms with Gasteiger partial charge in [-0.25, -0.2) is 9.78 Å². The van der Waals surface area contributed by atoms with Gasteiger partial charge in [-0.2, -0.15) is 0 Å². The molecular weight excluding hydrogens is 226 g/mol. The molecular formula is C10H13N3O4. The number of hydrogen-bond donors (Lipinski definition) is 3. The van der Waals surface area contributed by atoms with Crippen molar-refractivity contribution in [3.8, 4) is 0 Å². The number of carbonyl (C=O) groups excluding carboxylic acids is 1. The van der Waals surface area contributed by atoms with Crippen LogP contribution in [0.1, 0.15) is 27.4 Å². The summed E-state index contributed by atoms with van der Waals surface area (Å²) >= 11 is 0. The molecule has 2 rings (SSSR count). The first-order valence-electron chi connectivity index (χ1n) is 5.30. The van der Waals surface area contributed by atoms with Crippen LogP contribution in [0.15, 0.2) is 6.33 Å². The highest BCUT2D eigenvalue weighted by molar-refractivity contribution is 6.02. The zero-order valence-corrected chi connectivity index (χ0v) is 9.09. The van der Waals surface area contributed by atoms with Crippen molar-refractivity contribution in [1.29, 1.82) is 0 Å². The molecule has 7 heteroatoms. The number of aromatic carboxylic acids is 1. The van der Waals surface area contributed by atoms with E-state index >= 15 is 0 Å². The highest BCUT2D eigenvalue weighted by atomic mass is 16.4. The minimum Gasteiger partial charge on any atom is -0.477 e. The number of carboxylic acids is 1. The van der Waals surface area contributed by atoms with Crippen molar-refractivity contribution in [2.45, 2.75) is 6.42 Å². The average molecular weight is 239 g/mol. The van der Waals surface area contributed by atoms with E-state index in [1.54, 1.807) is 0 Å². The van der Waals surface area contributed by atoms with Crippen molar-refractivity contribution in [1.82, 2.24) is 14.9 Å². The lowest BCUT2D eigenvalue weighted by molar-refractivity contribution is 0.0673. The van der Waals surface area contributed by atoms with Crippen LogP contribution in [0.5, 0.6) is 0 Å². The number of aliphatic hydroxyl groups is 1. The summed E-state index contributed by atoms with van der Waals surface area (Å²) in [5, 5.41) is 17.8. The number of likely N-dealkylation sites (tertiary alicyclic amines) is 1. The highest BCUT2D eigenvalue weighted by Crippen LogP contribution is 2.18. The van der Waals surface area contributed by atoms with Crippen molar-refractivity contribution in [2.24, 2.45) is 5.92 Å². The van der Waals surface area contributed by atoms with Gasteiger partial charge < -0.3 is 20.1 Å². The minimum absolute atomic E-state index is 0.0378. The van der Waals surface area contributed by atoms with Crippen molar-refractivity contribution < 1.29 is 19.8 Å². The Balaban J connectivity index is 2.15. The normalized spacial score (nSPS) is 19.6. The van der Waals surface area contributed by atoms with Gasteiger partial charge in [0.25, 0.3) is 5.91 Å². The summed E-state index contributed by atoms with van der Waals surface area (Å²) in [5.74, 6) is -1.53. The zero-order valence-electron chi connectivity index (χ0n) is 9.09. The van der Waals surface area contributed by atoms with Gasteiger partial charge in [0.05, 0.1) is 6.33 Å². The van der Waals surface area contributed by atoms with E-state index in [-0.39, 0.29) is 23.9 Å². The third kappa shape index (κ3) is 2.14. The first kappa shape index (κ1) is 11.6. The van der Waals surface area contributed by atoms with E-state index in [1.165, 1.54) is 11.2 Å². The number of H-pyrrole nitrogens is 1. The Labute approximate surface area is 97.1 Å². The monoisotopic (exact) mass is 239 g/mol. The van der Waals surface area contributed by atoms with Crippen LogP contribution in [0.3, 0.4) is 0 Å². The summed E-state index contributed by atoms with van der Waals surface area (Å²) < 4.78 is 0. The second kappa shape index (κ2) is 4.54. The molecule has 0 saturated carbocycles. The number of imidazole rings is 1. The summed E-state index contributed by atoms with van der Waals surface area (Å²) in [6, 6.07) is 0. The van der Waals surface area contributed by atoms with Crippen LogP contribution < -0.4 is 0 Å². The van der Waals surface area contributed by atoms with Crippen LogP contribution in [0.2, 0.25) is 0 Å². The van der Waals surface area contributed by atoms with Gasteiger partial charge in [0, 0.05) is 25.6 Å². The van der Waals surface area contributed by atoms with Crippen LogP contribution in [0.25, 0.3) is 0 Å². The molecule has 0 radical (unpaired) electrons. The number of rotatable bonds is 3. The fraction of sp³-hybridized carbons (Fsp3) is 0.500. The number of nitrogens with zero attached hydrogens (tertiary/aromatic N) is 2. The number of aromatic nitrogens is 2. The van der Waals surface area contributed by atoms with Crippen molar-refractivity contribution in [2.75, 3.05) is 19.7 Å². The third-order valence-corrected chi connectivity index (χ3v) is 2.89. The van der Waals surface area contributed by atoms with E-state index in [0.717, 1.165) is 6.42 Å². The Kier molecular flexibility index (Phi) is 3.10. The molecule has 92 valence electrons. The molecule has 0 spiro atoms. The summed E-state index contributed by atoms with van der Waals surface area (Å²) in [6.07, 6.45) is 1.92. The smallest absolute Gasteiger partial charge is 0.354 e. The largest absolute Gasteiger partial charge is 0.477 e. The second-order valence-corrected chi connectivity index (χ2v) is 4.02. The van der Waals surface area contributed by atoms with E-state index in [2.05, 4.69) is 9.97 Å². The number of carboxylic acid groups (broad SMARTS) is 1. The Morgan fingerprint density at radius 2 is 2.35 bits per heavy atom. The quantitative estimate of drug-likeness (QED) is 0.663. The maximum atomic E-state index is 12.0. The lowest BCUT2D eigenvalue weighted by atomic mass is 10.1. The predicted octanol–water partition coefficient (Wildman–Crippen LogP) is -0.438. The summed E-state index contributed by atoms with van der Waals surface area (Å²) in [4.78, 5) is 30.5. The minimum atomic E-state index is -1.20. The van der Waals surface area contributed by atoms with Gasteiger partial charge in [-0.1, -0.05) is 0 Å². The molecule has 1 aliphatic heterocycles. The van der Waals surface area contributed by atoms with Crippen LogP contribution in [-0.4, -0.2) is 56.7 Å². The Bertz CT molecular complexity index is 443. The molecule has 7 nitrogen and oxygen atoms in total. The zero-order chi connectivity index (χ0) is 12.4. The van der Waals surface area contributed by atoms with Gasteiger partial charge in [0.15, 0.2) is 11.4 Å². The number of hydrogen-bond acceptors (Lipinski definition) is 4. The van der Waals surface area contributed by atoms with Crippen molar-refractivity contribution in [3.63, 3.8) is 0 Å². The summed E-state index contributed by atoms with van der Waals surface area (Å²) in [7, 11) is 0. The number of aliphatic hydroxyl groups excluding tert-OH is 1. The number of nitrogens with one attached hydrogen (secondary N) is 1. The molecule has 0 aliphatic carbocycles. The molecule has 1 atom stereocenters. The van der Waals surface area contributed by atoms with Crippen molar-refractivity contribution >= 4 is 11.9 Å². The van der Waals surface area contributed by atoms with Crippen LogP contribution in [0, 0.1) is 5.92 Å². The van der Waals surface area contributed by atoms with E-state index in [9.17, 15) is 9.59 Å². The molecule has 1 fully saturated rings. The van der Waals surface area contributed by atoms with Crippen LogP contribution >= 0.6 is 0 Å². The molecule has 1 amide bonds. The molecule has 0 aromatic carbocycles. The first-order chi connectivity index (χ1) is 8.13.